The van der Waals surface area contributed by atoms with Crippen LogP contribution in [0.3, 0.4) is 0 Å². The molecule has 1 unspecified atom stereocenters. The van der Waals surface area contributed by atoms with Crippen molar-refractivity contribution in [3.8, 4) is 0 Å². The van der Waals surface area contributed by atoms with E-state index in [-0.39, 0.29) is 17.3 Å². The molecule has 108 valence electrons. The molecule has 0 aliphatic heterocycles. The maximum absolute atomic E-state index is 13.1. The van der Waals surface area contributed by atoms with Gasteiger partial charge in [-0.1, -0.05) is 32.9 Å². The lowest BCUT2D eigenvalue weighted by Crippen LogP contribution is -2.31. The number of nitrogens with two attached hydrogens (primary N) is 1. The highest BCUT2D eigenvalue weighted by molar-refractivity contribution is 5.15. The van der Waals surface area contributed by atoms with Gasteiger partial charge in [0.15, 0.2) is 0 Å². The Hall–Kier alpha value is -0.930. The van der Waals surface area contributed by atoms with Gasteiger partial charge in [-0.2, -0.15) is 0 Å². The van der Waals surface area contributed by atoms with Gasteiger partial charge in [-0.15, -0.1) is 0 Å². The summed E-state index contributed by atoms with van der Waals surface area (Å²) >= 11 is 0. The van der Waals surface area contributed by atoms with Crippen LogP contribution in [0.4, 0.5) is 4.39 Å². The predicted molar refractivity (Wildman–Crippen MR) is 79.4 cm³/mol. The summed E-state index contributed by atoms with van der Waals surface area (Å²) < 4.78 is 13.1. The molecule has 1 aromatic rings. The van der Waals surface area contributed by atoms with E-state index >= 15 is 0 Å². The molecule has 2 N–H and O–H groups in total. The summed E-state index contributed by atoms with van der Waals surface area (Å²) in [4.78, 5) is 2.19. The van der Waals surface area contributed by atoms with Crippen molar-refractivity contribution in [1.29, 1.82) is 0 Å². The van der Waals surface area contributed by atoms with Crippen molar-refractivity contribution in [3.05, 3.63) is 35.6 Å². The highest BCUT2D eigenvalue weighted by Gasteiger charge is 2.15. The van der Waals surface area contributed by atoms with Gasteiger partial charge in [0.2, 0.25) is 0 Å². The number of halogens is 1. The van der Waals surface area contributed by atoms with E-state index < -0.39 is 0 Å². The van der Waals surface area contributed by atoms with E-state index in [0.29, 0.717) is 0 Å². The van der Waals surface area contributed by atoms with Crippen molar-refractivity contribution in [2.24, 2.45) is 11.1 Å². The first-order chi connectivity index (χ1) is 8.76. The third-order valence-corrected chi connectivity index (χ3v) is 3.10. The first kappa shape index (κ1) is 16.1. The lowest BCUT2D eigenvalue weighted by atomic mass is 9.87. The van der Waals surface area contributed by atoms with Crippen LogP contribution in [0.1, 0.15) is 39.2 Å². The molecule has 0 aliphatic rings. The van der Waals surface area contributed by atoms with Gasteiger partial charge >= 0.3 is 0 Å². The molecule has 0 radical (unpaired) electrons. The number of rotatable bonds is 6. The topological polar surface area (TPSA) is 29.3 Å². The van der Waals surface area contributed by atoms with Crippen molar-refractivity contribution < 1.29 is 4.39 Å². The summed E-state index contributed by atoms with van der Waals surface area (Å²) in [5.74, 6) is -0.171. The summed E-state index contributed by atoms with van der Waals surface area (Å²) in [6, 6.07) is 7.00. The van der Waals surface area contributed by atoms with E-state index in [1.54, 1.807) is 12.1 Å². The Morgan fingerprint density at radius 2 is 2.00 bits per heavy atom. The van der Waals surface area contributed by atoms with Crippen LogP contribution in [-0.4, -0.2) is 24.5 Å². The third kappa shape index (κ3) is 7.28. The van der Waals surface area contributed by atoms with Crippen LogP contribution in [-0.2, 0) is 6.54 Å². The van der Waals surface area contributed by atoms with Crippen molar-refractivity contribution in [2.45, 2.75) is 46.2 Å². The molecule has 2 nitrogen and oxygen atoms in total. The van der Waals surface area contributed by atoms with Gasteiger partial charge < -0.3 is 10.6 Å². The fraction of sp³-hybridized carbons (Fsp3) is 0.625. The van der Waals surface area contributed by atoms with Gasteiger partial charge in [-0.25, -0.2) is 4.39 Å². The highest BCUT2D eigenvalue weighted by Crippen LogP contribution is 2.21. The lowest BCUT2D eigenvalue weighted by molar-refractivity contribution is 0.277. The molecular formula is C16H27FN2. The summed E-state index contributed by atoms with van der Waals surface area (Å²) in [6.07, 6.45) is 2.00. The third-order valence-electron chi connectivity index (χ3n) is 3.10. The van der Waals surface area contributed by atoms with Gasteiger partial charge in [-0.05, 0) is 49.5 Å². The van der Waals surface area contributed by atoms with Crippen LogP contribution >= 0.6 is 0 Å². The SMILES string of the molecule is CN(CCC(N)CC(C)(C)C)Cc1cccc(F)c1. The Morgan fingerprint density at radius 3 is 2.58 bits per heavy atom. The van der Waals surface area contributed by atoms with E-state index in [9.17, 15) is 4.39 Å². The van der Waals surface area contributed by atoms with Crippen molar-refractivity contribution in [3.63, 3.8) is 0 Å². The number of nitrogens with zero attached hydrogens (tertiary/aromatic N) is 1. The van der Waals surface area contributed by atoms with Gasteiger partial charge in [0.05, 0.1) is 0 Å². The Morgan fingerprint density at radius 1 is 1.32 bits per heavy atom. The molecule has 0 fully saturated rings. The maximum Gasteiger partial charge on any atom is 0.123 e. The predicted octanol–water partition coefficient (Wildman–Crippen LogP) is 3.41. The average molecular weight is 266 g/mol. The van der Waals surface area contributed by atoms with E-state index in [1.807, 2.05) is 6.07 Å². The summed E-state index contributed by atoms with van der Waals surface area (Å²) in [6.45, 7) is 8.34. The summed E-state index contributed by atoms with van der Waals surface area (Å²) in [5, 5.41) is 0. The second-order valence-electron chi connectivity index (χ2n) is 6.68. The zero-order valence-electron chi connectivity index (χ0n) is 12.6. The number of hydrogen-bond acceptors (Lipinski definition) is 2. The van der Waals surface area contributed by atoms with Gasteiger partial charge in [0, 0.05) is 12.6 Å². The molecule has 0 heterocycles. The first-order valence-electron chi connectivity index (χ1n) is 6.95. The molecule has 0 saturated carbocycles. The van der Waals surface area contributed by atoms with Crippen molar-refractivity contribution in [2.75, 3.05) is 13.6 Å². The molecule has 1 aromatic carbocycles. The van der Waals surface area contributed by atoms with Crippen molar-refractivity contribution >= 4 is 0 Å². The molecular weight excluding hydrogens is 239 g/mol. The van der Waals surface area contributed by atoms with Gasteiger partial charge in [-0.3, -0.25) is 0 Å². The molecule has 0 aliphatic carbocycles. The second-order valence-corrected chi connectivity index (χ2v) is 6.68. The van der Waals surface area contributed by atoms with Crippen LogP contribution in [0.15, 0.2) is 24.3 Å². The Balaban J connectivity index is 2.34. The zero-order chi connectivity index (χ0) is 14.5. The molecule has 0 spiro atoms. The zero-order valence-corrected chi connectivity index (χ0v) is 12.6. The Bertz CT molecular complexity index is 385. The standard InChI is InChI=1S/C16H27FN2/c1-16(2,3)11-15(18)8-9-19(4)12-13-6-5-7-14(17)10-13/h5-7,10,15H,8-9,11-12,18H2,1-4H3. The molecule has 19 heavy (non-hydrogen) atoms. The molecule has 0 saturated heterocycles. The first-order valence-corrected chi connectivity index (χ1v) is 6.95. The van der Waals surface area contributed by atoms with Crippen LogP contribution < -0.4 is 5.73 Å². The van der Waals surface area contributed by atoms with Crippen LogP contribution in [0.2, 0.25) is 0 Å². The fourth-order valence-electron chi connectivity index (χ4n) is 2.30. The normalized spacial score (nSPS) is 13.8. The fourth-order valence-corrected chi connectivity index (χ4v) is 2.30. The van der Waals surface area contributed by atoms with Gasteiger partial charge in [0.25, 0.3) is 0 Å². The minimum absolute atomic E-state index is 0.171. The second kappa shape index (κ2) is 7.01. The molecule has 3 heteroatoms. The molecule has 0 amide bonds. The van der Waals surface area contributed by atoms with Crippen LogP contribution in [0.5, 0.6) is 0 Å². The highest BCUT2D eigenvalue weighted by atomic mass is 19.1. The minimum Gasteiger partial charge on any atom is -0.328 e. The van der Waals surface area contributed by atoms with E-state index in [0.717, 1.165) is 31.5 Å². The van der Waals surface area contributed by atoms with E-state index in [2.05, 4.69) is 32.7 Å². The van der Waals surface area contributed by atoms with Gasteiger partial charge in [0.1, 0.15) is 5.82 Å². The monoisotopic (exact) mass is 266 g/mol. The average Bonchev–Trinajstić information content (AvgIpc) is 2.24. The van der Waals surface area contributed by atoms with E-state index in [1.165, 1.54) is 6.07 Å². The van der Waals surface area contributed by atoms with E-state index in [4.69, 9.17) is 5.73 Å². The molecule has 0 aromatic heterocycles. The maximum atomic E-state index is 13.1. The number of benzene rings is 1. The number of hydrogen-bond donors (Lipinski definition) is 1. The lowest BCUT2D eigenvalue weighted by Gasteiger charge is -2.25. The molecule has 0 bridgehead atoms. The summed E-state index contributed by atoms with van der Waals surface area (Å²) in [7, 11) is 2.05. The Labute approximate surface area is 116 Å². The summed E-state index contributed by atoms with van der Waals surface area (Å²) in [5.41, 5.74) is 7.42. The minimum atomic E-state index is -0.171. The van der Waals surface area contributed by atoms with Crippen LogP contribution in [0, 0.1) is 11.2 Å². The van der Waals surface area contributed by atoms with Crippen LogP contribution in [0.25, 0.3) is 0 Å². The molecule has 1 atom stereocenters. The molecule has 1 rings (SSSR count). The quantitative estimate of drug-likeness (QED) is 0.855. The smallest absolute Gasteiger partial charge is 0.123 e. The van der Waals surface area contributed by atoms with Crippen molar-refractivity contribution in [1.82, 2.24) is 4.90 Å². The Kier molecular flexibility index (Phi) is 5.95. The largest absolute Gasteiger partial charge is 0.328 e.